The SMILES string of the molecule is C=N/C(C)=N\C(C)=C(/C)C(C)C. The second-order valence-electron chi connectivity index (χ2n) is 3.24. The molecule has 0 aliphatic heterocycles. The molecule has 0 fully saturated rings. The summed E-state index contributed by atoms with van der Waals surface area (Å²) in [5.74, 6) is 1.28. The topological polar surface area (TPSA) is 24.7 Å². The zero-order chi connectivity index (χ0) is 9.72. The molecule has 0 saturated heterocycles. The van der Waals surface area contributed by atoms with E-state index in [0.717, 1.165) is 11.5 Å². The Hall–Kier alpha value is -0.920. The molecular weight excluding hydrogens is 148 g/mol. The van der Waals surface area contributed by atoms with Crippen molar-refractivity contribution in [2.24, 2.45) is 15.9 Å². The first-order chi connectivity index (χ1) is 5.49. The van der Waals surface area contributed by atoms with Gasteiger partial charge in [-0.3, -0.25) is 0 Å². The van der Waals surface area contributed by atoms with E-state index in [9.17, 15) is 0 Å². The molecular formula is C10H18N2. The molecule has 0 atom stereocenters. The van der Waals surface area contributed by atoms with Crippen LogP contribution in [0.15, 0.2) is 21.3 Å². The summed E-state index contributed by atoms with van der Waals surface area (Å²) < 4.78 is 0. The van der Waals surface area contributed by atoms with Crippen molar-refractivity contribution in [3.8, 4) is 0 Å². The normalized spacial score (nSPS) is 14.7. The monoisotopic (exact) mass is 166 g/mol. The molecule has 0 amide bonds. The lowest BCUT2D eigenvalue weighted by Gasteiger charge is -2.07. The zero-order valence-corrected chi connectivity index (χ0v) is 8.68. The van der Waals surface area contributed by atoms with Crippen LogP contribution in [0.5, 0.6) is 0 Å². The maximum absolute atomic E-state index is 4.28. The Morgan fingerprint density at radius 1 is 1.17 bits per heavy atom. The molecule has 0 rings (SSSR count). The van der Waals surface area contributed by atoms with Crippen LogP contribution in [0.2, 0.25) is 0 Å². The number of allylic oxidation sites excluding steroid dienone is 2. The number of amidine groups is 1. The minimum atomic E-state index is 0.548. The summed E-state index contributed by atoms with van der Waals surface area (Å²) in [6.07, 6.45) is 0. The van der Waals surface area contributed by atoms with Crippen molar-refractivity contribution in [2.45, 2.75) is 34.6 Å². The van der Waals surface area contributed by atoms with Crippen LogP contribution in [-0.4, -0.2) is 12.6 Å². The van der Waals surface area contributed by atoms with Crippen molar-refractivity contribution in [1.29, 1.82) is 0 Å². The van der Waals surface area contributed by atoms with Crippen molar-refractivity contribution in [3.63, 3.8) is 0 Å². The van der Waals surface area contributed by atoms with Crippen LogP contribution in [0.4, 0.5) is 0 Å². The van der Waals surface area contributed by atoms with Gasteiger partial charge in [0, 0.05) is 5.70 Å². The third kappa shape index (κ3) is 3.46. The molecule has 68 valence electrons. The highest BCUT2D eigenvalue weighted by molar-refractivity contribution is 5.84. The Labute approximate surface area is 75.1 Å². The molecule has 0 unspecified atom stereocenters. The standard InChI is InChI=1S/C10H18N2/c1-7(2)8(3)9(4)12-10(5)11-6/h7H,6H2,1-5H3/b9-8+,12-10-. The molecule has 0 aromatic rings. The van der Waals surface area contributed by atoms with Gasteiger partial charge in [0.2, 0.25) is 0 Å². The molecule has 0 aliphatic carbocycles. The Bertz CT molecular complexity index is 222. The van der Waals surface area contributed by atoms with Crippen molar-refractivity contribution >= 4 is 12.6 Å². The number of nitrogens with zero attached hydrogens (tertiary/aromatic N) is 2. The van der Waals surface area contributed by atoms with Crippen molar-refractivity contribution in [1.82, 2.24) is 0 Å². The smallest absolute Gasteiger partial charge is 0.124 e. The van der Waals surface area contributed by atoms with Crippen LogP contribution in [0.25, 0.3) is 0 Å². The minimum absolute atomic E-state index is 0.548. The lowest BCUT2D eigenvalue weighted by atomic mass is 10.0. The van der Waals surface area contributed by atoms with Gasteiger partial charge in [-0.1, -0.05) is 13.8 Å². The highest BCUT2D eigenvalue weighted by atomic mass is 14.9. The van der Waals surface area contributed by atoms with Gasteiger partial charge in [0.05, 0.1) is 0 Å². The van der Waals surface area contributed by atoms with Crippen molar-refractivity contribution in [3.05, 3.63) is 11.3 Å². The van der Waals surface area contributed by atoms with Crippen LogP contribution in [-0.2, 0) is 0 Å². The van der Waals surface area contributed by atoms with Gasteiger partial charge in [-0.05, 0) is 39.0 Å². The molecule has 0 aromatic heterocycles. The Kier molecular flexibility index (Phi) is 4.49. The molecule has 12 heavy (non-hydrogen) atoms. The molecule has 0 N–H and O–H groups in total. The Morgan fingerprint density at radius 2 is 1.67 bits per heavy atom. The summed E-state index contributed by atoms with van der Waals surface area (Å²) in [6.45, 7) is 13.7. The molecule has 2 heteroatoms. The van der Waals surface area contributed by atoms with Gasteiger partial charge < -0.3 is 0 Å². The summed E-state index contributed by atoms with van der Waals surface area (Å²) in [4.78, 5) is 8.02. The molecule has 0 spiro atoms. The second kappa shape index (κ2) is 4.86. The maximum atomic E-state index is 4.28. The lowest BCUT2D eigenvalue weighted by molar-refractivity contribution is 0.754. The predicted octanol–water partition coefficient (Wildman–Crippen LogP) is 3.06. The maximum Gasteiger partial charge on any atom is 0.124 e. The predicted molar refractivity (Wildman–Crippen MR) is 55.9 cm³/mol. The molecule has 0 aliphatic rings. The first-order valence-corrected chi connectivity index (χ1v) is 4.18. The van der Waals surface area contributed by atoms with Gasteiger partial charge in [0.25, 0.3) is 0 Å². The van der Waals surface area contributed by atoms with Crippen LogP contribution in [0, 0.1) is 5.92 Å². The highest BCUT2D eigenvalue weighted by Gasteiger charge is 2.00. The van der Waals surface area contributed by atoms with Gasteiger partial charge in [-0.25, -0.2) is 9.98 Å². The van der Waals surface area contributed by atoms with E-state index in [1.807, 2.05) is 13.8 Å². The quantitative estimate of drug-likeness (QED) is 0.445. The lowest BCUT2D eigenvalue weighted by Crippen LogP contribution is -1.94. The third-order valence-electron chi connectivity index (χ3n) is 2.00. The van der Waals surface area contributed by atoms with E-state index in [1.54, 1.807) is 0 Å². The third-order valence-corrected chi connectivity index (χ3v) is 2.00. The Balaban J connectivity index is 4.68. The average molecular weight is 166 g/mol. The van der Waals surface area contributed by atoms with Gasteiger partial charge in [-0.15, -0.1) is 0 Å². The number of hydrogen-bond acceptors (Lipinski definition) is 1. The van der Waals surface area contributed by atoms with Crippen LogP contribution in [0.1, 0.15) is 34.6 Å². The number of hydrogen-bond donors (Lipinski definition) is 0. The van der Waals surface area contributed by atoms with Crippen LogP contribution >= 0.6 is 0 Å². The van der Waals surface area contributed by atoms with Crippen LogP contribution in [0.3, 0.4) is 0 Å². The average Bonchev–Trinajstić information content (AvgIpc) is 2.02. The number of rotatable bonds is 2. The summed E-state index contributed by atoms with van der Waals surface area (Å²) in [5.41, 5.74) is 2.35. The fourth-order valence-electron chi connectivity index (χ4n) is 0.784. The summed E-state index contributed by atoms with van der Waals surface area (Å²) >= 11 is 0. The zero-order valence-electron chi connectivity index (χ0n) is 8.68. The van der Waals surface area contributed by atoms with E-state index < -0.39 is 0 Å². The highest BCUT2D eigenvalue weighted by Crippen LogP contribution is 2.14. The first kappa shape index (κ1) is 11.1. The van der Waals surface area contributed by atoms with E-state index in [2.05, 4.69) is 37.5 Å². The summed E-state index contributed by atoms with van der Waals surface area (Å²) in [6, 6.07) is 0. The van der Waals surface area contributed by atoms with Gasteiger partial charge in [0.1, 0.15) is 5.84 Å². The van der Waals surface area contributed by atoms with E-state index in [0.29, 0.717) is 5.92 Å². The second-order valence-corrected chi connectivity index (χ2v) is 3.24. The molecule has 0 heterocycles. The van der Waals surface area contributed by atoms with E-state index in [-0.39, 0.29) is 0 Å². The fourth-order valence-corrected chi connectivity index (χ4v) is 0.784. The van der Waals surface area contributed by atoms with Crippen molar-refractivity contribution < 1.29 is 0 Å². The molecule has 2 nitrogen and oxygen atoms in total. The first-order valence-electron chi connectivity index (χ1n) is 4.18. The van der Waals surface area contributed by atoms with Gasteiger partial charge in [0.15, 0.2) is 0 Å². The van der Waals surface area contributed by atoms with E-state index in [1.165, 1.54) is 5.57 Å². The molecule has 0 radical (unpaired) electrons. The van der Waals surface area contributed by atoms with Crippen LogP contribution < -0.4 is 0 Å². The summed E-state index contributed by atoms with van der Waals surface area (Å²) in [7, 11) is 0. The van der Waals surface area contributed by atoms with E-state index >= 15 is 0 Å². The van der Waals surface area contributed by atoms with Crippen molar-refractivity contribution in [2.75, 3.05) is 0 Å². The van der Waals surface area contributed by atoms with Gasteiger partial charge >= 0.3 is 0 Å². The van der Waals surface area contributed by atoms with Gasteiger partial charge in [-0.2, -0.15) is 0 Å². The largest absolute Gasteiger partial charge is 0.250 e. The summed E-state index contributed by atoms with van der Waals surface area (Å²) in [5, 5.41) is 0. The Morgan fingerprint density at radius 3 is 2.00 bits per heavy atom. The fraction of sp³-hybridized carbons (Fsp3) is 0.600. The number of aliphatic imine (C=N–C) groups is 2. The van der Waals surface area contributed by atoms with E-state index in [4.69, 9.17) is 0 Å². The minimum Gasteiger partial charge on any atom is -0.250 e. The molecule has 0 bridgehead atoms. The molecule has 0 aromatic carbocycles. The molecule has 0 saturated carbocycles.